The van der Waals surface area contributed by atoms with Gasteiger partial charge in [-0.15, -0.1) is 0 Å². The number of rotatable bonds is 11. The molecule has 2 aromatic heterocycles. The predicted octanol–water partition coefficient (Wildman–Crippen LogP) is 14.3. The van der Waals surface area contributed by atoms with E-state index in [2.05, 4.69) is 152 Å². The Hall–Kier alpha value is -6.19. The third-order valence-electron chi connectivity index (χ3n) is 10.8. The number of hydrogen-bond acceptors (Lipinski definition) is 2. The first-order valence-corrected chi connectivity index (χ1v) is 19.5. The minimum absolute atomic E-state index is 0.638. The number of oxazole rings is 1. The van der Waals surface area contributed by atoms with Crippen LogP contribution in [0.2, 0.25) is 0 Å². The maximum absolute atomic E-state index is 6.05. The average molecular weight is 701 g/mol. The monoisotopic (exact) mass is 700 g/mol. The van der Waals surface area contributed by atoms with Gasteiger partial charge in [-0.1, -0.05) is 124 Å². The molecule has 264 valence electrons. The summed E-state index contributed by atoms with van der Waals surface area (Å²) in [7, 11) is 0. The van der Waals surface area contributed by atoms with Gasteiger partial charge in [0.05, 0.1) is 11.0 Å². The molecular formula is C51H44N2O. The third-order valence-corrected chi connectivity index (χ3v) is 10.8. The van der Waals surface area contributed by atoms with Crippen LogP contribution in [0.25, 0.3) is 83.4 Å². The van der Waals surface area contributed by atoms with Gasteiger partial charge < -0.3 is 8.98 Å². The maximum Gasteiger partial charge on any atom is 0.227 e. The highest BCUT2D eigenvalue weighted by Gasteiger charge is 2.16. The molecule has 3 heteroatoms. The molecule has 0 spiro atoms. The minimum Gasteiger partial charge on any atom is -0.436 e. The lowest BCUT2D eigenvalue weighted by Gasteiger charge is -2.16. The molecule has 0 fully saturated rings. The lowest BCUT2D eigenvalue weighted by molar-refractivity contribution is 0.620. The average Bonchev–Trinajstić information content (AvgIpc) is 3.81. The highest BCUT2D eigenvalue weighted by Crippen LogP contribution is 2.40. The van der Waals surface area contributed by atoms with Gasteiger partial charge in [-0.25, -0.2) is 4.98 Å². The van der Waals surface area contributed by atoms with E-state index in [0.717, 1.165) is 35.1 Å². The fourth-order valence-electron chi connectivity index (χ4n) is 7.99. The van der Waals surface area contributed by atoms with E-state index in [1.807, 2.05) is 24.3 Å². The summed E-state index contributed by atoms with van der Waals surface area (Å²) in [5.41, 5.74) is 16.3. The summed E-state index contributed by atoms with van der Waals surface area (Å²) in [6.07, 6.45) is 7.09. The Kier molecular flexibility index (Phi) is 9.14. The second kappa shape index (κ2) is 14.7. The van der Waals surface area contributed by atoms with Gasteiger partial charge in [-0.05, 0) is 131 Å². The molecule has 0 bridgehead atoms. The Bertz CT molecular complexity index is 2630. The van der Waals surface area contributed by atoms with Gasteiger partial charge in [0.15, 0.2) is 5.58 Å². The van der Waals surface area contributed by atoms with Gasteiger partial charge in [0, 0.05) is 22.0 Å². The van der Waals surface area contributed by atoms with Crippen LogP contribution in [0.3, 0.4) is 0 Å². The van der Waals surface area contributed by atoms with Gasteiger partial charge in [0.25, 0.3) is 0 Å². The topological polar surface area (TPSA) is 31.0 Å². The van der Waals surface area contributed by atoms with Crippen molar-refractivity contribution in [3.8, 4) is 50.5 Å². The van der Waals surface area contributed by atoms with Crippen LogP contribution < -0.4 is 0 Å². The van der Waals surface area contributed by atoms with Crippen molar-refractivity contribution in [3.63, 3.8) is 0 Å². The lowest BCUT2D eigenvalue weighted by Crippen LogP contribution is -1.95. The van der Waals surface area contributed by atoms with E-state index >= 15 is 0 Å². The van der Waals surface area contributed by atoms with Crippen LogP contribution in [0.5, 0.6) is 0 Å². The molecule has 0 atom stereocenters. The van der Waals surface area contributed by atoms with Crippen LogP contribution in [0.15, 0.2) is 162 Å². The van der Waals surface area contributed by atoms with Crippen molar-refractivity contribution in [1.82, 2.24) is 9.55 Å². The largest absolute Gasteiger partial charge is 0.436 e. The van der Waals surface area contributed by atoms with Crippen LogP contribution in [-0.2, 0) is 12.8 Å². The van der Waals surface area contributed by atoms with Gasteiger partial charge in [-0.2, -0.15) is 0 Å². The van der Waals surface area contributed by atoms with E-state index in [9.17, 15) is 0 Å². The summed E-state index contributed by atoms with van der Waals surface area (Å²) in [4.78, 5) is 4.71. The fourth-order valence-corrected chi connectivity index (χ4v) is 7.99. The number of hydrogen-bond donors (Lipinski definition) is 0. The lowest BCUT2D eigenvalue weighted by atomic mass is 9.89. The molecule has 0 aliphatic heterocycles. The first-order chi connectivity index (χ1) is 26.7. The molecule has 0 aliphatic carbocycles. The molecule has 54 heavy (non-hydrogen) atoms. The SMILES string of the molecule is CCCCc1ccc2c(c1)c1cc(CCCC)ccc1n2-c1ccc(-c2ccccc2-c2ccccc2-c2ccc(-c3nc4ccccc4o3)cc2)cc1. The fraction of sp³-hybridized carbons (Fsp3) is 0.157. The zero-order valence-corrected chi connectivity index (χ0v) is 31.1. The Labute approximate surface area is 317 Å². The number of benzene rings is 7. The molecule has 0 unspecified atom stereocenters. The summed E-state index contributed by atoms with van der Waals surface area (Å²) in [5, 5.41) is 2.70. The van der Waals surface area contributed by atoms with Crippen molar-refractivity contribution in [2.45, 2.75) is 52.4 Å². The van der Waals surface area contributed by atoms with Crippen molar-refractivity contribution in [2.75, 3.05) is 0 Å². The summed E-state index contributed by atoms with van der Waals surface area (Å²) in [6.45, 7) is 4.54. The van der Waals surface area contributed by atoms with Gasteiger partial charge in [0.2, 0.25) is 5.89 Å². The van der Waals surface area contributed by atoms with E-state index in [-0.39, 0.29) is 0 Å². The van der Waals surface area contributed by atoms with Crippen molar-refractivity contribution < 1.29 is 4.42 Å². The number of aromatic nitrogens is 2. The second-order valence-electron chi connectivity index (χ2n) is 14.4. The van der Waals surface area contributed by atoms with Gasteiger partial charge in [-0.3, -0.25) is 0 Å². The number of unbranched alkanes of at least 4 members (excludes halogenated alkanes) is 2. The predicted molar refractivity (Wildman–Crippen MR) is 227 cm³/mol. The molecule has 0 amide bonds. The zero-order chi connectivity index (χ0) is 36.4. The molecule has 0 radical (unpaired) electrons. The Morgan fingerprint density at radius 1 is 0.481 bits per heavy atom. The van der Waals surface area contributed by atoms with E-state index < -0.39 is 0 Å². The normalized spacial score (nSPS) is 11.6. The number of nitrogens with zero attached hydrogens (tertiary/aromatic N) is 2. The maximum atomic E-state index is 6.05. The second-order valence-corrected chi connectivity index (χ2v) is 14.4. The molecule has 0 saturated heterocycles. The molecule has 3 nitrogen and oxygen atoms in total. The molecule has 0 saturated carbocycles. The van der Waals surface area contributed by atoms with Crippen molar-refractivity contribution in [3.05, 3.63) is 169 Å². The van der Waals surface area contributed by atoms with Crippen LogP contribution in [0, 0.1) is 0 Å². The molecule has 9 rings (SSSR count). The number of fused-ring (bicyclic) bond motifs is 4. The summed E-state index contributed by atoms with van der Waals surface area (Å²) >= 11 is 0. The molecule has 9 aromatic rings. The highest BCUT2D eigenvalue weighted by atomic mass is 16.3. The quantitative estimate of drug-likeness (QED) is 0.134. The summed E-state index contributed by atoms with van der Waals surface area (Å²) < 4.78 is 8.51. The Morgan fingerprint density at radius 2 is 0.963 bits per heavy atom. The van der Waals surface area contributed by atoms with Crippen LogP contribution >= 0.6 is 0 Å². The Morgan fingerprint density at radius 3 is 1.50 bits per heavy atom. The first-order valence-electron chi connectivity index (χ1n) is 19.5. The van der Waals surface area contributed by atoms with Gasteiger partial charge in [0.1, 0.15) is 5.52 Å². The third kappa shape index (κ3) is 6.30. The minimum atomic E-state index is 0.638. The van der Waals surface area contributed by atoms with Crippen LogP contribution in [0.1, 0.15) is 50.7 Å². The van der Waals surface area contributed by atoms with E-state index in [4.69, 9.17) is 9.40 Å². The van der Waals surface area contributed by atoms with Crippen LogP contribution in [0.4, 0.5) is 0 Å². The summed E-state index contributed by atoms with van der Waals surface area (Å²) in [5.74, 6) is 0.638. The summed E-state index contributed by atoms with van der Waals surface area (Å²) in [6, 6.07) is 57.3. The van der Waals surface area contributed by atoms with Gasteiger partial charge >= 0.3 is 0 Å². The molecule has 7 aromatic carbocycles. The molecule has 2 heterocycles. The zero-order valence-electron chi connectivity index (χ0n) is 31.1. The molecule has 0 aliphatic rings. The first kappa shape index (κ1) is 33.6. The number of para-hydroxylation sites is 2. The van der Waals surface area contributed by atoms with Crippen molar-refractivity contribution in [2.24, 2.45) is 0 Å². The smallest absolute Gasteiger partial charge is 0.227 e. The highest BCUT2D eigenvalue weighted by molar-refractivity contribution is 6.09. The van der Waals surface area contributed by atoms with Crippen molar-refractivity contribution >= 4 is 32.9 Å². The molecular weight excluding hydrogens is 657 g/mol. The van der Waals surface area contributed by atoms with Crippen molar-refractivity contribution in [1.29, 1.82) is 0 Å². The number of aryl methyl sites for hydroxylation is 2. The molecule has 0 N–H and O–H groups in total. The Balaban J connectivity index is 1.07. The van der Waals surface area contributed by atoms with E-state index in [1.165, 1.54) is 92.1 Å². The van der Waals surface area contributed by atoms with E-state index in [1.54, 1.807) is 0 Å². The van der Waals surface area contributed by atoms with Crippen LogP contribution in [-0.4, -0.2) is 9.55 Å². The van der Waals surface area contributed by atoms with E-state index in [0.29, 0.717) is 5.89 Å². The standard InChI is InChI=1S/C51H44N2O/c1-3-5-13-35-21-31-48-45(33-35)46-34-36(14-6-4-2)22-32-49(46)53(48)40-29-27-38(28-30-40)42-16-8-10-18-44(42)43-17-9-7-15-41(43)37-23-25-39(26-24-37)51-52-47-19-11-12-20-50(47)54-51/h7-12,15-34H,3-6,13-14H2,1-2H3.